The van der Waals surface area contributed by atoms with E-state index in [0.29, 0.717) is 25.2 Å². The average molecular weight is 401 g/mol. The van der Waals surface area contributed by atoms with E-state index in [4.69, 9.17) is 0 Å². The minimum Gasteiger partial charge on any atom is -0.389 e. The third kappa shape index (κ3) is 3.67. The van der Waals surface area contributed by atoms with E-state index in [2.05, 4.69) is 10.3 Å². The summed E-state index contributed by atoms with van der Waals surface area (Å²) < 4.78 is 0. The number of hydrogen-bond acceptors (Lipinski definition) is 6. The Balaban J connectivity index is 1.44. The highest BCUT2D eigenvalue weighted by Crippen LogP contribution is 2.30. The van der Waals surface area contributed by atoms with Crippen molar-refractivity contribution in [3.63, 3.8) is 0 Å². The van der Waals surface area contributed by atoms with E-state index < -0.39 is 6.10 Å². The molecule has 2 heterocycles. The van der Waals surface area contributed by atoms with E-state index in [1.165, 1.54) is 11.3 Å². The van der Waals surface area contributed by atoms with E-state index >= 15 is 0 Å². The zero-order chi connectivity index (χ0) is 19.7. The summed E-state index contributed by atoms with van der Waals surface area (Å²) in [4.78, 5) is 32.7. The van der Waals surface area contributed by atoms with E-state index in [-0.39, 0.29) is 23.9 Å². The van der Waals surface area contributed by atoms with Crippen molar-refractivity contribution >= 4 is 23.2 Å². The number of piperazine rings is 1. The summed E-state index contributed by atoms with van der Waals surface area (Å²) in [6, 6.07) is 9.40. The summed E-state index contributed by atoms with van der Waals surface area (Å²) in [5, 5.41) is 16.2. The van der Waals surface area contributed by atoms with Gasteiger partial charge in [0.05, 0.1) is 18.7 Å². The van der Waals surface area contributed by atoms with Crippen LogP contribution in [0.3, 0.4) is 0 Å². The predicted molar refractivity (Wildman–Crippen MR) is 107 cm³/mol. The van der Waals surface area contributed by atoms with Crippen LogP contribution in [0.1, 0.15) is 23.3 Å². The quantitative estimate of drug-likeness (QED) is 0.806. The first-order valence-electron chi connectivity index (χ1n) is 9.51. The van der Waals surface area contributed by atoms with Crippen LogP contribution >= 0.6 is 11.3 Å². The fourth-order valence-corrected chi connectivity index (χ4v) is 4.92. The molecule has 0 unspecified atom stereocenters. The highest BCUT2D eigenvalue weighted by Gasteiger charge is 2.42. The predicted octanol–water partition coefficient (Wildman–Crippen LogP) is 1.21. The molecule has 2 N–H and O–H groups in total. The molecule has 1 aliphatic heterocycles. The maximum atomic E-state index is 12.9. The molecule has 7 nitrogen and oxygen atoms in total. The first kappa shape index (κ1) is 19.0. The van der Waals surface area contributed by atoms with Gasteiger partial charge in [0.15, 0.2) is 0 Å². The first-order valence-corrected chi connectivity index (χ1v) is 10.4. The topological polar surface area (TPSA) is 85.8 Å². The van der Waals surface area contributed by atoms with Crippen molar-refractivity contribution in [1.82, 2.24) is 20.1 Å². The SMILES string of the molecule is CN(C(=O)c1csc(-c2ccccc2)n1)[C@@H]1CC[C@@H](N2CCNC(=O)C2)[C@@H]1O. The first-order chi connectivity index (χ1) is 13.5. The van der Waals surface area contributed by atoms with Crippen molar-refractivity contribution < 1.29 is 14.7 Å². The van der Waals surface area contributed by atoms with E-state index in [1.54, 1.807) is 17.3 Å². The van der Waals surface area contributed by atoms with Gasteiger partial charge in [0.2, 0.25) is 5.91 Å². The molecule has 28 heavy (non-hydrogen) atoms. The van der Waals surface area contributed by atoms with Gasteiger partial charge in [0.1, 0.15) is 10.7 Å². The minimum absolute atomic E-state index is 0.0118. The monoisotopic (exact) mass is 400 g/mol. The number of aliphatic hydroxyl groups excluding tert-OH is 1. The summed E-state index contributed by atoms with van der Waals surface area (Å²) >= 11 is 1.44. The van der Waals surface area contributed by atoms with Crippen molar-refractivity contribution in [2.45, 2.75) is 31.0 Å². The molecule has 4 rings (SSSR count). The Bertz CT molecular complexity index is 856. The molecule has 0 spiro atoms. The van der Waals surface area contributed by atoms with Crippen LogP contribution in [-0.2, 0) is 4.79 Å². The standard InChI is InChI=1S/C20H24N4O3S/c1-23(15-7-8-16(18(15)26)24-10-9-21-17(25)11-24)20(27)14-12-28-19(22-14)13-5-3-2-4-6-13/h2-6,12,15-16,18,26H,7-11H2,1H3,(H,21,25)/t15-,16-,18-/m1/s1. The zero-order valence-electron chi connectivity index (χ0n) is 15.7. The van der Waals surface area contributed by atoms with Gasteiger partial charge in [-0.3, -0.25) is 14.5 Å². The summed E-state index contributed by atoms with van der Waals surface area (Å²) in [5.74, 6) is -0.193. The number of hydrogen-bond donors (Lipinski definition) is 2. The molecule has 1 aromatic carbocycles. The summed E-state index contributed by atoms with van der Waals surface area (Å²) in [7, 11) is 1.73. The second-order valence-corrected chi connectivity index (χ2v) is 8.20. The molecule has 8 heteroatoms. The molecule has 1 aromatic heterocycles. The number of carbonyl (C=O) groups excluding carboxylic acids is 2. The maximum Gasteiger partial charge on any atom is 0.273 e. The third-order valence-corrected chi connectivity index (χ3v) is 6.54. The maximum absolute atomic E-state index is 12.9. The number of rotatable bonds is 4. The molecule has 2 fully saturated rings. The van der Waals surface area contributed by atoms with Gasteiger partial charge < -0.3 is 15.3 Å². The van der Waals surface area contributed by atoms with Crippen LogP contribution in [-0.4, -0.2) is 76.6 Å². The lowest BCUT2D eigenvalue weighted by atomic mass is 10.1. The van der Waals surface area contributed by atoms with Gasteiger partial charge in [0.25, 0.3) is 5.91 Å². The Morgan fingerprint density at radius 2 is 2.11 bits per heavy atom. The van der Waals surface area contributed by atoms with Crippen LogP contribution in [0.2, 0.25) is 0 Å². The van der Waals surface area contributed by atoms with Crippen molar-refractivity contribution in [1.29, 1.82) is 0 Å². The van der Waals surface area contributed by atoms with E-state index in [1.807, 2.05) is 35.2 Å². The lowest BCUT2D eigenvalue weighted by molar-refractivity contribution is -0.125. The number of carbonyl (C=O) groups is 2. The van der Waals surface area contributed by atoms with Crippen LogP contribution in [0.15, 0.2) is 35.7 Å². The van der Waals surface area contributed by atoms with Crippen molar-refractivity contribution in [2.75, 3.05) is 26.7 Å². The van der Waals surface area contributed by atoms with Crippen LogP contribution in [0.4, 0.5) is 0 Å². The molecule has 2 amide bonds. The Morgan fingerprint density at radius 3 is 2.86 bits per heavy atom. The second kappa shape index (κ2) is 7.98. The molecule has 1 saturated heterocycles. The summed E-state index contributed by atoms with van der Waals surface area (Å²) in [6.45, 7) is 1.63. The van der Waals surface area contributed by atoms with Gasteiger partial charge >= 0.3 is 0 Å². The zero-order valence-corrected chi connectivity index (χ0v) is 16.6. The normalized spacial score (nSPS) is 25.5. The van der Waals surface area contributed by atoms with E-state index in [0.717, 1.165) is 23.5 Å². The Hall–Kier alpha value is -2.29. The van der Waals surface area contributed by atoms with Crippen molar-refractivity contribution in [3.05, 3.63) is 41.4 Å². The number of likely N-dealkylation sites (N-methyl/N-ethyl adjacent to an activating group) is 1. The molecular weight excluding hydrogens is 376 g/mol. The van der Waals surface area contributed by atoms with Crippen molar-refractivity contribution in [2.24, 2.45) is 0 Å². The lowest BCUT2D eigenvalue weighted by Gasteiger charge is -2.35. The third-order valence-electron chi connectivity index (χ3n) is 5.65. The molecule has 1 saturated carbocycles. The second-order valence-electron chi connectivity index (χ2n) is 7.34. The van der Waals surface area contributed by atoms with Crippen LogP contribution < -0.4 is 5.32 Å². The van der Waals surface area contributed by atoms with Gasteiger partial charge in [0, 0.05) is 37.1 Å². The molecule has 2 aromatic rings. The van der Waals surface area contributed by atoms with Gasteiger partial charge in [-0.1, -0.05) is 30.3 Å². The number of benzene rings is 1. The molecule has 3 atom stereocenters. The summed E-state index contributed by atoms with van der Waals surface area (Å²) in [6.07, 6.45) is 0.803. The Kier molecular flexibility index (Phi) is 5.43. The molecule has 0 bridgehead atoms. The lowest BCUT2D eigenvalue weighted by Crippen LogP contribution is -2.55. The molecule has 2 aliphatic rings. The van der Waals surface area contributed by atoms with Gasteiger partial charge in [-0.15, -0.1) is 11.3 Å². The minimum atomic E-state index is -0.674. The highest BCUT2D eigenvalue weighted by molar-refractivity contribution is 7.13. The number of thiazole rings is 1. The molecule has 148 valence electrons. The largest absolute Gasteiger partial charge is 0.389 e. The van der Waals surface area contributed by atoms with Crippen molar-refractivity contribution in [3.8, 4) is 10.6 Å². The van der Waals surface area contributed by atoms with E-state index in [9.17, 15) is 14.7 Å². The highest BCUT2D eigenvalue weighted by atomic mass is 32.1. The van der Waals surface area contributed by atoms with Crippen LogP contribution in [0.5, 0.6) is 0 Å². The molecule has 1 aliphatic carbocycles. The van der Waals surface area contributed by atoms with Gasteiger partial charge in [-0.25, -0.2) is 4.98 Å². The Labute approximate surface area is 168 Å². The number of nitrogens with one attached hydrogen (secondary N) is 1. The number of nitrogens with zero attached hydrogens (tertiary/aromatic N) is 3. The molecular formula is C20H24N4O3S. The Morgan fingerprint density at radius 1 is 1.32 bits per heavy atom. The fraction of sp³-hybridized carbons (Fsp3) is 0.450. The molecule has 0 radical (unpaired) electrons. The van der Waals surface area contributed by atoms with Crippen LogP contribution in [0.25, 0.3) is 10.6 Å². The number of amides is 2. The average Bonchev–Trinajstić information content (AvgIpc) is 3.35. The van der Waals surface area contributed by atoms with Gasteiger partial charge in [-0.05, 0) is 12.8 Å². The van der Waals surface area contributed by atoms with Crippen LogP contribution in [0, 0.1) is 0 Å². The van der Waals surface area contributed by atoms with Gasteiger partial charge in [-0.2, -0.15) is 0 Å². The number of aromatic nitrogens is 1. The smallest absolute Gasteiger partial charge is 0.273 e. The fourth-order valence-electron chi connectivity index (χ4n) is 4.12. The summed E-state index contributed by atoms with van der Waals surface area (Å²) in [5.41, 5.74) is 1.39. The number of aliphatic hydroxyl groups is 1.